The second-order valence-corrected chi connectivity index (χ2v) is 7.11. The molecule has 0 radical (unpaired) electrons. The highest BCUT2D eigenvalue weighted by Crippen LogP contribution is 2.28. The fourth-order valence-corrected chi connectivity index (χ4v) is 2.88. The van der Waals surface area contributed by atoms with Crippen LogP contribution < -0.4 is 5.32 Å². The number of benzene rings is 1. The fourth-order valence-electron chi connectivity index (χ4n) is 2.07. The number of amides is 1. The van der Waals surface area contributed by atoms with E-state index in [1.165, 1.54) is 4.88 Å². The lowest BCUT2D eigenvalue weighted by atomic mass is 10.1. The number of rotatable bonds is 3. The molecule has 1 aromatic heterocycles. The highest BCUT2D eigenvalue weighted by Gasteiger charge is 2.18. The maximum Gasteiger partial charge on any atom is 0.408 e. The largest absolute Gasteiger partial charge is 0.444 e. The van der Waals surface area contributed by atoms with E-state index in [1.807, 2.05) is 52.3 Å². The van der Waals surface area contributed by atoms with E-state index < -0.39 is 11.7 Å². The smallest absolute Gasteiger partial charge is 0.408 e. The molecule has 0 aliphatic carbocycles. The summed E-state index contributed by atoms with van der Waals surface area (Å²) in [5.41, 5.74) is 4.59. The molecule has 4 nitrogen and oxygen atoms in total. The molecule has 1 aromatic carbocycles. The Morgan fingerprint density at radius 3 is 2.41 bits per heavy atom. The number of nitrogens with zero attached hydrogens (tertiary/aromatic N) is 1. The fraction of sp³-hybridized carbons (Fsp3) is 0.412. The van der Waals surface area contributed by atoms with Crippen LogP contribution in [0.4, 0.5) is 4.79 Å². The van der Waals surface area contributed by atoms with Crippen LogP contribution in [0.2, 0.25) is 0 Å². The third-order valence-corrected chi connectivity index (χ3v) is 4.13. The van der Waals surface area contributed by atoms with Crippen LogP contribution in [0.25, 0.3) is 10.4 Å². The predicted molar refractivity (Wildman–Crippen MR) is 90.1 cm³/mol. The van der Waals surface area contributed by atoms with E-state index in [0.717, 1.165) is 16.8 Å². The highest BCUT2D eigenvalue weighted by atomic mass is 32.1. The SMILES string of the molecule is Cc1ncsc1-c1ccc([C@@H](C)NC(=O)OC(C)(C)C)cc1. The van der Waals surface area contributed by atoms with E-state index in [0.29, 0.717) is 0 Å². The predicted octanol–water partition coefficient (Wildman–Crippen LogP) is 4.70. The second kappa shape index (κ2) is 6.48. The third kappa shape index (κ3) is 4.31. The molecule has 0 saturated carbocycles. The Morgan fingerprint density at radius 1 is 1.27 bits per heavy atom. The van der Waals surface area contributed by atoms with Crippen molar-refractivity contribution >= 4 is 17.4 Å². The molecule has 2 rings (SSSR count). The van der Waals surface area contributed by atoms with Crippen molar-refractivity contribution < 1.29 is 9.53 Å². The average molecular weight is 318 g/mol. The van der Waals surface area contributed by atoms with Gasteiger partial charge >= 0.3 is 6.09 Å². The number of carbonyl (C=O) groups is 1. The van der Waals surface area contributed by atoms with Crippen molar-refractivity contribution in [1.82, 2.24) is 10.3 Å². The van der Waals surface area contributed by atoms with Gasteiger partial charge in [0.05, 0.1) is 22.1 Å². The normalized spacial score (nSPS) is 12.8. The van der Waals surface area contributed by atoms with Crippen molar-refractivity contribution in [2.24, 2.45) is 0 Å². The van der Waals surface area contributed by atoms with Gasteiger partial charge in [-0.1, -0.05) is 24.3 Å². The number of thiazole rings is 1. The maximum atomic E-state index is 11.8. The molecule has 0 aliphatic rings. The van der Waals surface area contributed by atoms with Gasteiger partial charge in [-0.25, -0.2) is 9.78 Å². The molecule has 0 unspecified atom stereocenters. The van der Waals surface area contributed by atoms with E-state index in [9.17, 15) is 4.79 Å². The average Bonchev–Trinajstić information content (AvgIpc) is 2.83. The quantitative estimate of drug-likeness (QED) is 0.892. The molecule has 22 heavy (non-hydrogen) atoms. The number of carbonyl (C=O) groups excluding carboxylic acids is 1. The van der Waals surface area contributed by atoms with Gasteiger partial charge in [0.25, 0.3) is 0 Å². The van der Waals surface area contributed by atoms with Gasteiger partial charge in [-0.2, -0.15) is 0 Å². The Balaban J connectivity index is 2.04. The van der Waals surface area contributed by atoms with Gasteiger partial charge in [0.2, 0.25) is 0 Å². The van der Waals surface area contributed by atoms with Crippen LogP contribution in [0.15, 0.2) is 29.8 Å². The summed E-state index contributed by atoms with van der Waals surface area (Å²) >= 11 is 1.63. The molecule has 0 aliphatic heterocycles. The molecule has 0 bridgehead atoms. The Morgan fingerprint density at radius 2 is 1.91 bits per heavy atom. The van der Waals surface area contributed by atoms with E-state index >= 15 is 0 Å². The maximum absolute atomic E-state index is 11.8. The summed E-state index contributed by atoms with van der Waals surface area (Å²) in [6, 6.07) is 8.06. The summed E-state index contributed by atoms with van der Waals surface area (Å²) in [6.45, 7) is 9.50. The monoisotopic (exact) mass is 318 g/mol. The summed E-state index contributed by atoms with van der Waals surface area (Å²) < 4.78 is 5.27. The van der Waals surface area contributed by atoms with E-state index in [4.69, 9.17) is 4.74 Å². The van der Waals surface area contributed by atoms with Gasteiger partial charge in [-0.15, -0.1) is 11.3 Å². The molecule has 1 atom stereocenters. The zero-order valence-corrected chi connectivity index (χ0v) is 14.5. The number of hydrogen-bond acceptors (Lipinski definition) is 4. The first-order chi connectivity index (χ1) is 10.3. The van der Waals surface area contributed by atoms with Crippen LogP contribution >= 0.6 is 11.3 Å². The second-order valence-electron chi connectivity index (χ2n) is 6.26. The topological polar surface area (TPSA) is 51.2 Å². The molecular weight excluding hydrogens is 296 g/mol. The van der Waals surface area contributed by atoms with Crippen LogP contribution in [0.3, 0.4) is 0 Å². The summed E-state index contributed by atoms with van der Waals surface area (Å²) in [7, 11) is 0. The number of hydrogen-bond donors (Lipinski definition) is 1. The van der Waals surface area contributed by atoms with Crippen molar-refractivity contribution in [2.45, 2.75) is 46.3 Å². The van der Waals surface area contributed by atoms with Crippen LogP contribution in [0.1, 0.15) is 45.0 Å². The zero-order valence-electron chi connectivity index (χ0n) is 13.6. The summed E-state index contributed by atoms with van der Waals surface area (Å²) in [6.07, 6.45) is -0.401. The Hall–Kier alpha value is -1.88. The molecule has 5 heteroatoms. The first kappa shape index (κ1) is 16.5. The van der Waals surface area contributed by atoms with E-state index in [1.54, 1.807) is 11.3 Å². The molecule has 1 heterocycles. The molecular formula is C17H22N2O2S. The van der Waals surface area contributed by atoms with Crippen molar-refractivity contribution in [3.05, 3.63) is 41.0 Å². The van der Waals surface area contributed by atoms with Crippen LogP contribution in [-0.4, -0.2) is 16.7 Å². The number of ether oxygens (including phenoxy) is 1. The first-order valence-corrected chi connectivity index (χ1v) is 8.14. The molecule has 0 spiro atoms. The number of nitrogens with one attached hydrogen (secondary N) is 1. The van der Waals surface area contributed by atoms with Gasteiger partial charge in [0.1, 0.15) is 5.60 Å². The zero-order chi connectivity index (χ0) is 16.3. The number of alkyl carbamates (subject to hydrolysis) is 1. The minimum absolute atomic E-state index is 0.105. The van der Waals surface area contributed by atoms with Crippen molar-refractivity contribution in [3.8, 4) is 10.4 Å². The van der Waals surface area contributed by atoms with Crippen molar-refractivity contribution in [2.75, 3.05) is 0 Å². The van der Waals surface area contributed by atoms with Crippen molar-refractivity contribution in [3.63, 3.8) is 0 Å². The number of aromatic nitrogens is 1. The standard InChI is InChI=1S/C17H22N2O2S/c1-11(19-16(20)21-17(3,4)5)13-6-8-14(9-7-13)15-12(2)18-10-22-15/h6-11H,1-5H3,(H,19,20)/t11-/m1/s1. The lowest BCUT2D eigenvalue weighted by Gasteiger charge is -2.22. The lowest BCUT2D eigenvalue weighted by Crippen LogP contribution is -2.34. The minimum atomic E-state index is -0.489. The van der Waals surface area contributed by atoms with Crippen LogP contribution in [0.5, 0.6) is 0 Å². The third-order valence-electron chi connectivity index (χ3n) is 3.15. The molecule has 118 valence electrons. The summed E-state index contributed by atoms with van der Waals surface area (Å²) in [4.78, 5) is 17.2. The Labute approximate surface area is 135 Å². The van der Waals surface area contributed by atoms with Gasteiger partial charge in [-0.05, 0) is 45.7 Å². The molecule has 1 N–H and O–H groups in total. The minimum Gasteiger partial charge on any atom is -0.444 e. The molecule has 0 saturated heterocycles. The molecule has 2 aromatic rings. The van der Waals surface area contributed by atoms with Gasteiger partial charge in [-0.3, -0.25) is 0 Å². The Bertz CT molecular complexity index is 641. The van der Waals surface area contributed by atoms with Crippen molar-refractivity contribution in [1.29, 1.82) is 0 Å². The van der Waals surface area contributed by atoms with E-state index in [-0.39, 0.29) is 6.04 Å². The first-order valence-electron chi connectivity index (χ1n) is 7.26. The van der Waals surface area contributed by atoms with Crippen LogP contribution in [0, 0.1) is 6.92 Å². The molecule has 0 fully saturated rings. The highest BCUT2D eigenvalue weighted by molar-refractivity contribution is 7.13. The molecule has 1 amide bonds. The lowest BCUT2D eigenvalue weighted by molar-refractivity contribution is 0.0508. The van der Waals surface area contributed by atoms with Crippen LogP contribution in [-0.2, 0) is 4.74 Å². The number of aryl methyl sites for hydroxylation is 1. The van der Waals surface area contributed by atoms with Gasteiger partial charge < -0.3 is 10.1 Å². The van der Waals surface area contributed by atoms with Gasteiger partial charge in [0, 0.05) is 0 Å². The van der Waals surface area contributed by atoms with E-state index in [2.05, 4.69) is 22.4 Å². The summed E-state index contributed by atoms with van der Waals surface area (Å²) in [5.74, 6) is 0. The summed E-state index contributed by atoms with van der Waals surface area (Å²) in [5, 5.41) is 2.85. The van der Waals surface area contributed by atoms with Gasteiger partial charge in [0.15, 0.2) is 0 Å². The Kier molecular flexibility index (Phi) is 4.86.